The maximum absolute atomic E-state index is 10.9. The van der Waals surface area contributed by atoms with Gasteiger partial charge in [-0.05, 0) is 25.6 Å². The van der Waals surface area contributed by atoms with Crippen LogP contribution in [0.3, 0.4) is 0 Å². The summed E-state index contributed by atoms with van der Waals surface area (Å²) in [6.07, 6.45) is 1.57. The van der Waals surface area contributed by atoms with Crippen molar-refractivity contribution in [3.05, 3.63) is 3.95 Å². The number of carbonyl (C=O) groups is 1. The summed E-state index contributed by atoms with van der Waals surface area (Å²) in [5.74, 6) is 0.225. The minimum Gasteiger partial charge on any atom is -0.300 e. The normalized spacial score (nSPS) is 12.7. The van der Waals surface area contributed by atoms with Crippen molar-refractivity contribution >= 4 is 41.1 Å². The van der Waals surface area contributed by atoms with Crippen LogP contribution in [0.15, 0.2) is 4.34 Å². The molecule has 1 atom stereocenters. The van der Waals surface area contributed by atoms with E-state index in [0.29, 0.717) is 15.6 Å². The topological polar surface area (TPSA) is 45.8 Å². The van der Waals surface area contributed by atoms with E-state index in [4.69, 9.17) is 12.2 Å². The second kappa shape index (κ2) is 5.63. The van der Waals surface area contributed by atoms with Crippen molar-refractivity contribution in [2.75, 3.05) is 0 Å². The predicted molar refractivity (Wildman–Crippen MR) is 62.5 cm³/mol. The summed E-state index contributed by atoms with van der Waals surface area (Å²) in [6.45, 7) is 3.70. The molecular weight excluding hydrogens is 236 g/mol. The van der Waals surface area contributed by atoms with Gasteiger partial charge < -0.3 is 0 Å². The molecule has 78 valence electrons. The molecule has 0 aromatic carbocycles. The first-order chi connectivity index (χ1) is 6.61. The van der Waals surface area contributed by atoms with Crippen LogP contribution < -0.4 is 0 Å². The summed E-state index contributed by atoms with van der Waals surface area (Å²) < 4.78 is 1.60. The van der Waals surface area contributed by atoms with Crippen molar-refractivity contribution in [2.45, 2.75) is 36.3 Å². The van der Waals surface area contributed by atoms with Crippen LogP contribution in [-0.4, -0.2) is 21.2 Å². The number of aromatic amines is 1. The van der Waals surface area contributed by atoms with E-state index >= 15 is 0 Å². The number of nitrogens with zero attached hydrogens (tertiary/aromatic N) is 1. The summed E-state index contributed by atoms with van der Waals surface area (Å²) in [5, 5.41) is 7.10. The molecule has 14 heavy (non-hydrogen) atoms. The highest BCUT2D eigenvalue weighted by molar-refractivity contribution is 8.01. The van der Waals surface area contributed by atoms with Gasteiger partial charge in [0.05, 0.1) is 0 Å². The van der Waals surface area contributed by atoms with E-state index < -0.39 is 0 Å². The Hall–Kier alpha value is -0.200. The first-order valence-electron chi connectivity index (χ1n) is 4.33. The van der Waals surface area contributed by atoms with Gasteiger partial charge in [-0.25, -0.2) is 0 Å². The zero-order valence-corrected chi connectivity index (χ0v) is 10.5. The summed E-state index contributed by atoms with van der Waals surface area (Å²) in [4.78, 5) is 10.9. The standard InChI is InChI=1S/C8H12N2OS3/c1-3-6(4-5(2)11)13-8-10-9-7(12)14-8/h6H,3-4H2,1-2H3,(H,9,12). The zero-order valence-electron chi connectivity index (χ0n) is 8.07. The maximum atomic E-state index is 10.9. The van der Waals surface area contributed by atoms with Crippen LogP contribution in [-0.2, 0) is 4.79 Å². The average molecular weight is 248 g/mol. The van der Waals surface area contributed by atoms with Crippen LogP contribution in [0.2, 0.25) is 0 Å². The van der Waals surface area contributed by atoms with Crippen LogP contribution in [0, 0.1) is 3.95 Å². The number of nitrogens with one attached hydrogen (secondary N) is 1. The van der Waals surface area contributed by atoms with Gasteiger partial charge in [0.15, 0.2) is 8.29 Å². The second-order valence-corrected chi connectivity index (χ2v) is 6.15. The van der Waals surface area contributed by atoms with Gasteiger partial charge in [0.2, 0.25) is 0 Å². The highest BCUT2D eigenvalue weighted by Gasteiger charge is 2.12. The third-order valence-corrected chi connectivity index (χ3v) is 4.21. The molecule has 3 nitrogen and oxygen atoms in total. The molecule has 0 amide bonds. The molecule has 1 aromatic heterocycles. The Labute approximate surface area is 96.3 Å². The van der Waals surface area contributed by atoms with Crippen LogP contribution in [0.5, 0.6) is 0 Å². The number of ketones is 1. The Kier molecular flexibility index (Phi) is 4.77. The first-order valence-corrected chi connectivity index (χ1v) is 6.44. The van der Waals surface area contributed by atoms with Crippen LogP contribution in [0.25, 0.3) is 0 Å². The number of aromatic nitrogens is 2. The number of thioether (sulfide) groups is 1. The number of H-pyrrole nitrogens is 1. The number of rotatable bonds is 5. The fourth-order valence-electron chi connectivity index (χ4n) is 0.999. The molecule has 0 saturated heterocycles. The van der Waals surface area contributed by atoms with Gasteiger partial charge in [-0.15, -0.1) is 0 Å². The van der Waals surface area contributed by atoms with Gasteiger partial charge in [-0.2, -0.15) is 5.10 Å². The monoisotopic (exact) mass is 248 g/mol. The van der Waals surface area contributed by atoms with Gasteiger partial charge in [-0.3, -0.25) is 9.89 Å². The van der Waals surface area contributed by atoms with Crippen molar-refractivity contribution in [2.24, 2.45) is 0 Å². The van der Waals surface area contributed by atoms with Gasteiger partial charge in [0.1, 0.15) is 5.78 Å². The van der Waals surface area contributed by atoms with E-state index in [-0.39, 0.29) is 5.78 Å². The summed E-state index contributed by atoms with van der Waals surface area (Å²) >= 11 is 8.01. The molecule has 0 bridgehead atoms. The summed E-state index contributed by atoms with van der Waals surface area (Å²) in [7, 11) is 0. The van der Waals surface area contributed by atoms with E-state index in [0.717, 1.165) is 10.8 Å². The summed E-state index contributed by atoms with van der Waals surface area (Å²) in [5.41, 5.74) is 0. The molecule has 0 saturated carbocycles. The summed E-state index contributed by atoms with van der Waals surface area (Å²) in [6, 6.07) is 0. The number of carbonyl (C=O) groups excluding carboxylic acids is 1. The average Bonchev–Trinajstić information content (AvgIpc) is 2.49. The fourth-order valence-corrected chi connectivity index (χ4v) is 3.50. The van der Waals surface area contributed by atoms with Crippen molar-refractivity contribution in [1.29, 1.82) is 0 Å². The van der Waals surface area contributed by atoms with Gasteiger partial charge in [0, 0.05) is 11.7 Å². The predicted octanol–water partition coefficient (Wildman–Crippen LogP) is 3.05. The van der Waals surface area contributed by atoms with Crippen molar-refractivity contribution in [3.63, 3.8) is 0 Å². The second-order valence-electron chi connectivity index (χ2n) is 2.93. The number of Topliss-reactive ketones (excluding diaryl/α,β-unsaturated/α-hetero) is 1. The van der Waals surface area contributed by atoms with Gasteiger partial charge >= 0.3 is 0 Å². The maximum Gasteiger partial charge on any atom is 0.177 e. The zero-order chi connectivity index (χ0) is 10.6. The van der Waals surface area contributed by atoms with Crippen molar-refractivity contribution in [3.8, 4) is 0 Å². The molecule has 1 aromatic rings. The SMILES string of the molecule is CCC(CC(C)=O)Sc1n[nH]c(=S)s1. The lowest BCUT2D eigenvalue weighted by molar-refractivity contribution is -0.117. The third-order valence-electron chi connectivity index (χ3n) is 1.66. The molecule has 1 heterocycles. The molecule has 0 aliphatic rings. The minimum atomic E-state index is 0.225. The lowest BCUT2D eigenvalue weighted by Gasteiger charge is -2.09. The lowest BCUT2D eigenvalue weighted by atomic mass is 10.2. The molecule has 0 aliphatic heterocycles. The van der Waals surface area contributed by atoms with Crippen molar-refractivity contribution in [1.82, 2.24) is 10.2 Å². The van der Waals surface area contributed by atoms with Gasteiger partial charge in [-0.1, -0.05) is 30.0 Å². The van der Waals surface area contributed by atoms with E-state index in [9.17, 15) is 4.79 Å². The Bertz CT molecular complexity index is 357. The Morgan fingerprint density at radius 3 is 2.93 bits per heavy atom. The molecular formula is C8H12N2OS3. The minimum absolute atomic E-state index is 0.225. The van der Waals surface area contributed by atoms with Crippen LogP contribution >= 0.6 is 35.3 Å². The molecule has 6 heteroatoms. The van der Waals surface area contributed by atoms with E-state index in [2.05, 4.69) is 17.1 Å². The lowest BCUT2D eigenvalue weighted by Crippen LogP contribution is -2.06. The molecule has 1 N–H and O–H groups in total. The molecule has 0 fully saturated rings. The number of hydrogen-bond donors (Lipinski definition) is 1. The quantitative estimate of drug-likeness (QED) is 0.642. The smallest absolute Gasteiger partial charge is 0.177 e. The highest BCUT2D eigenvalue weighted by atomic mass is 32.2. The molecule has 0 spiro atoms. The molecule has 1 unspecified atom stereocenters. The largest absolute Gasteiger partial charge is 0.300 e. The van der Waals surface area contributed by atoms with E-state index in [1.807, 2.05) is 0 Å². The highest BCUT2D eigenvalue weighted by Crippen LogP contribution is 2.28. The van der Waals surface area contributed by atoms with E-state index in [1.165, 1.54) is 11.3 Å². The van der Waals surface area contributed by atoms with Crippen LogP contribution in [0.1, 0.15) is 26.7 Å². The Balaban J connectivity index is 2.56. The molecule has 0 radical (unpaired) electrons. The molecule has 0 aliphatic carbocycles. The van der Waals surface area contributed by atoms with Crippen LogP contribution in [0.4, 0.5) is 0 Å². The Morgan fingerprint density at radius 2 is 2.50 bits per heavy atom. The molecule has 1 rings (SSSR count). The number of hydrogen-bond acceptors (Lipinski definition) is 5. The van der Waals surface area contributed by atoms with E-state index in [1.54, 1.807) is 18.7 Å². The fraction of sp³-hybridized carbons (Fsp3) is 0.625. The van der Waals surface area contributed by atoms with Crippen molar-refractivity contribution < 1.29 is 4.79 Å². The Morgan fingerprint density at radius 1 is 1.79 bits per heavy atom. The third kappa shape index (κ3) is 3.89. The van der Waals surface area contributed by atoms with Gasteiger partial charge in [0.25, 0.3) is 0 Å². The first kappa shape index (κ1) is 11.9.